The maximum atomic E-state index is 12.8. The van der Waals surface area contributed by atoms with E-state index in [-0.39, 0.29) is 5.92 Å². The van der Waals surface area contributed by atoms with Crippen LogP contribution in [0.4, 0.5) is 19.0 Å². The number of aromatic nitrogens is 4. The Hall–Kier alpha value is -2.16. The third-order valence-electron chi connectivity index (χ3n) is 4.17. The Bertz CT molecular complexity index is 711. The number of piperidine rings is 1. The molecule has 3 heterocycles. The number of imidazole rings is 1. The van der Waals surface area contributed by atoms with Gasteiger partial charge in [0.1, 0.15) is 17.5 Å². The lowest BCUT2D eigenvalue weighted by Crippen LogP contribution is -2.35. The number of aryl methyl sites for hydroxylation is 1. The molecule has 24 heavy (non-hydrogen) atoms. The van der Waals surface area contributed by atoms with E-state index in [9.17, 15) is 13.2 Å². The number of hydrogen-bond donors (Lipinski definition) is 1. The quantitative estimate of drug-likeness (QED) is 0.927. The zero-order valence-electron chi connectivity index (χ0n) is 13.3. The van der Waals surface area contributed by atoms with E-state index in [1.54, 1.807) is 19.3 Å². The molecule has 0 unspecified atom stereocenters. The first-order valence-corrected chi connectivity index (χ1v) is 7.73. The number of halogens is 3. The molecule has 2 N–H and O–H groups in total. The summed E-state index contributed by atoms with van der Waals surface area (Å²) in [6, 6.07) is 1.62. The Balaban J connectivity index is 1.73. The molecule has 0 spiro atoms. The fourth-order valence-electron chi connectivity index (χ4n) is 3.10. The van der Waals surface area contributed by atoms with Crippen molar-refractivity contribution in [2.24, 2.45) is 7.05 Å². The van der Waals surface area contributed by atoms with Crippen molar-refractivity contribution < 1.29 is 13.2 Å². The van der Waals surface area contributed by atoms with Crippen LogP contribution in [-0.2, 0) is 19.8 Å². The molecular weight excluding hydrogens is 321 g/mol. The monoisotopic (exact) mass is 340 g/mol. The minimum absolute atomic E-state index is 0.0408. The van der Waals surface area contributed by atoms with Gasteiger partial charge in [0.2, 0.25) is 0 Å². The number of nitrogens with zero attached hydrogens (tertiary/aromatic N) is 5. The second-order valence-corrected chi connectivity index (χ2v) is 6.07. The fourth-order valence-corrected chi connectivity index (χ4v) is 3.10. The molecule has 2 aromatic rings. The topological polar surface area (TPSA) is 72.9 Å². The number of alkyl halides is 3. The summed E-state index contributed by atoms with van der Waals surface area (Å²) in [5.74, 6) is 1.46. The highest BCUT2D eigenvalue weighted by Gasteiger charge is 2.36. The Kier molecular flexibility index (Phi) is 4.44. The zero-order chi connectivity index (χ0) is 17.3. The van der Waals surface area contributed by atoms with Crippen LogP contribution >= 0.6 is 0 Å². The second-order valence-electron chi connectivity index (χ2n) is 6.07. The first-order chi connectivity index (χ1) is 11.3. The smallest absolute Gasteiger partial charge is 0.384 e. The van der Waals surface area contributed by atoms with Crippen molar-refractivity contribution in [3.8, 4) is 0 Å². The number of anilines is 1. The van der Waals surface area contributed by atoms with Gasteiger partial charge in [-0.05, 0) is 25.5 Å². The van der Waals surface area contributed by atoms with Crippen LogP contribution in [0.1, 0.15) is 36.1 Å². The van der Waals surface area contributed by atoms with Crippen molar-refractivity contribution in [1.82, 2.24) is 24.4 Å². The summed E-state index contributed by atoms with van der Waals surface area (Å²) in [6.07, 6.45) is -0.0554. The predicted molar refractivity (Wildman–Crippen MR) is 81.9 cm³/mol. The number of rotatable bonds is 3. The van der Waals surface area contributed by atoms with E-state index in [1.807, 2.05) is 0 Å². The van der Waals surface area contributed by atoms with Crippen LogP contribution in [0, 0.1) is 0 Å². The molecule has 1 fully saturated rings. The van der Waals surface area contributed by atoms with E-state index in [1.165, 1.54) is 4.57 Å². The molecule has 0 saturated carbocycles. The maximum Gasteiger partial charge on any atom is 0.434 e. The van der Waals surface area contributed by atoms with E-state index in [0.717, 1.165) is 25.6 Å². The highest BCUT2D eigenvalue weighted by Crippen LogP contribution is 2.32. The van der Waals surface area contributed by atoms with Crippen molar-refractivity contribution in [2.75, 3.05) is 18.8 Å². The standard InChI is InChI=1S/C15H19F3N6/c1-23-8-11(15(16,17)18)21-14(23)10-3-2-6-24(7-10)9-13-20-5-4-12(19)22-13/h4-5,8,10H,2-3,6-7,9H2,1H3,(H2,19,20,22)/t10-/m1/s1. The molecule has 0 amide bonds. The second kappa shape index (κ2) is 6.39. The van der Waals surface area contributed by atoms with Crippen LogP contribution < -0.4 is 5.73 Å². The van der Waals surface area contributed by atoms with Crippen LogP contribution in [0.5, 0.6) is 0 Å². The van der Waals surface area contributed by atoms with Crippen molar-refractivity contribution in [2.45, 2.75) is 31.5 Å². The average Bonchev–Trinajstić information content (AvgIpc) is 2.90. The van der Waals surface area contributed by atoms with Crippen LogP contribution in [0.3, 0.4) is 0 Å². The summed E-state index contributed by atoms with van der Waals surface area (Å²) in [6.45, 7) is 2.00. The molecule has 9 heteroatoms. The molecule has 1 saturated heterocycles. The summed E-state index contributed by atoms with van der Waals surface area (Å²) >= 11 is 0. The van der Waals surface area contributed by atoms with Crippen LogP contribution in [0.2, 0.25) is 0 Å². The highest BCUT2D eigenvalue weighted by atomic mass is 19.4. The largest absolute Gasteiger partial charge is 0.434 e. The molecular formula is C15H19F3N6. The maximum absolute atomic E-state index is 12.8. The SMILES string of the molecule is Cn1cc(C(F)(F)F)nc1[C@@H]1CCCN(Cc2nccc(N)n2)C1. The van der Waals surface area contributed by atoms with Crippen molar-refractivity contribution in [3.05, 3.63) is 35.8 Å². The predicted octanol–water partition coefficient (Wildman–Crippen LogP) is 2.19. The van der Waals surface area contributed by atoms with Crippen molar-refractivity contribution in [3.63, 3.8) is 0 Å². The van der Waals surface area contributed by atoms with Gasteiger partial charge in [0.05, 0.1) is 6.54 Å². The lowest BCUT2D eigenvalue weighted by molar-refractivity contribution is -0.141. The molecule has 1 aliphatic rings. The summed E-state index contributed by atoms with van der Waals surface area (Å²) in [5.41, 5.74) is 4.82. The zero-order valence-corrected chi connectivity index (χ0v) is 13.3. The molecule has 130 valence electrons. The lowest BCUT2D eigenvalue weighted by Gasteiger charge is -2.31. The van der Waals surface area contributed by atoms with Crippen LogP contribution in [-0.4, -0.2) is 37.5 Å². The van der Waals surface area contributed by atoms with Gasteiger partial charge in [0, 0.05) is 31.9 Å². The van der Waals surface area contributed by atoms with E-state index in [0.29, 0.717) is 30.6 Å². The Morgan fingerprint density at radius 3 is 2.79 bits per heavy atom. The van der Waals surface area contributed by atoms with E-state index in [2.05, 4.69) is 19.9 Å². The molecule has 0 radical (unpaired) electrons. The number of nitrogen functional groups attached to an aromatic ring is 1. The Morgan fingerprint density at radius 2 is 2.12 bits per heavy atom. The average molecular weight is 340 g/mol. The van der Waals surface area contributed by atoms with Gasteiger partial charge >= 0.3 is 6.18 Å². The van der Waals surface area contributed by atoms with Gasteiger partial charge in [-0.25, -0.2) is 15.0 Å². The molecule has 0 aliphatic carbocycles. The Labute approximate surface area is 137 Å². The van der Waals surface area contributed by atoms with E-state index < -0.39 is 11.9 Å². The molecule has 0 bridgehead atoms. The summed E-state index contributed by atoms with van der Waals surface area (Å²) in [7, 11) is 1.61. The minimum Gasteiger partial charge on any atom is -0.384 e. The third-order valence-corrected chi connectivity index (χ3v) is 4.17. The number of hydrogen-bond acceptors (Lipinski definition) is 5. The first-order valence-electron chi connectivity index (χ1n) is 7.73. The minimum atomic E-state index is -4.42. The molecule has 1 atom stereocenters. The van der Waals surface area contributed by atoms with Gasteiger partial charge in [0.25, 0.3) is 0 Å². The summed E-state index contributed by atoms with van der Waals surface area (Å²) in [5, 5.41) is 0. The van der Waals surface area contributed by atoms with Gasteiger partial charge in [-0.1, -0.05) is 0 Å². The highest BCUT2D eigenvalue weighted by molar-refractivity contribution is 5.25. The summed E-state index contributed by atoms with van der Waals surface area (Å²) in [4.78, 5) is 14.3. The number of likely N-dealkylation sites (tertiary alicyclic amines) is 1. The first kappa shape index (κ1) is 16.7. The number of nitrogens with two attached hydrogens (primary N) is 1. The van der Waals surface area contributed by atoms with Crippen LogP contribution in [0.25, 0.3) is 0 Å². The third kappa shape index (κ3) is 3.66. The Morgan fingerprint density at radius 1 is 1.33 bits per heavy atom. The fraction of sp³-hybridized carbons (Fsp3) is 0.533. The molecule has 1 aliphatic heterocycles. The summed E-state index contributed by atoms with van der Waals surface area (Å²) < 4.78 is 40.0. The lowest BCUT2D eigenvalue weighted by atomic mass is 9.97. The molecule has 0 aromatic carbocycles. The van der Waals surface area contributed by atoms with Crippen molar-refractivity contribution >= 4 is 5.82 Å². The van der Waals surface area contributed by atoms with Gasteiger partial charge in [0.15, 0.2) is 5.69 Å². The van der Waals surface area contributed by atoms with E-state index >= 15 is 0 Å². The van der Waals surface area contributed by atoms with Gasteiger partial charge < -0.3 is 10.3 Å². The van der Waals surface area contributed by atoms with Gasteiger partial charge in [-0.15, -0.1) is 0 Å². The van der Waals surface area contributed by atoms with Gasteiger partial charge in [-0.3, -0.25) is 4.90 Å². The van der Waals surface area contributed by atoms with Crippen LogP contribution in [0.15, 0.2) is 18.5 Å². The normalized spacial score (nSPS) is 19.6. The van der Waals surface area contributed by atoms with Crippen molar-refractivity contribution in [1.29, 1.82) is 0 Å². The molecule has 3 rings (SSSR count). The molecule has 2 aromatic heterocycles. The van der Waals surface area contributed by atoms with E-state index in [4.69, 9.17) is 5.73 Å². The molecule has 6 nitrogen and oxygen atoms in total. The van der Waals surface area contributed by atoms with Gasteiger partial charge in [-0.2, -0.15) is 13.2 Å².